The van der Waals surface area contributed by atoms with E-state index in [-0.39, 0.29) is 5.91 Å². The molecule has 0 aliphatic carbocycles. The lowest BCUT2D eigenvalue weighted by Gasteiger charge is -2.20. The van der Waals surface area contributed by atoms with Gasteiger partial charge in [-0.15, -0.1) is 11.3 Å². The van der Waals surface area contributed by atoms with E-state index in [0.717, 1.165) is 22.0 Å². The largest absolute Gasteiger partial charge is 0.313 e. The maximum atomic E-state index is 12.5. The molecule has 0 spiro atoms. The van der Waals surface area contributed by atoms with Crippen molar-refractivity contribution in [1.82, 2.24) is 9.97 Å². The zero-order valence-electron chi connectivity index (χ0n) is 13.6. The fraction of sp³-hybridized carbons (Fsp3) is 0.211. The first-order valence-corrected chi connectivity index (χ1v) is 8.86. The second-order valence-electron chi connectivity index (χ2n) is 5.34. The van der Waals surface area contributed by atoms with Gasteiger partial charge in [0.2, 0.25) is 5.91 Å². The van der Waals surface area contributed by atoms with Crippen LogP contribution in [0.4, 0.5) is 5.69 Å². The standard InChI is InChI=1S/C19H19N3OS/c1-2-22(16-6-4-3-5-7-16)19(23)9-8-18-21-17(14-24-18)15-10-12-20-13-11-15/h3-7,10-14H,2,8-9H2,1H3. The van der Waals surface area contributed by atoms with Crippen molar-refractivity contribution < 1.29 is 4.79 Å². The van der Waals surface area contributed by atoms with Crippen molar-refractivity contribution in [1.29, 1.82) is 0 Å². The van der Waals surface area contributed by atoms with E-state index in [2.05, 4.69) is 9.97 Å². The molecule has 0 atom stereocenters. The van der Waals surface area contributed by atoms with Crippen LogP contribution in [0.15, 0.2) is 60.2 Å². The summed E-state index contributed by atoms with van der Waals surface area (Å²) in [7, 11) is 0. The van der Waals surface area contributed by atoms with Crippen molar-refractivity contribution in [2.24, 2.45) is 0 Å². The molecule has 0 aliphatic rings. The number of anilines is 1. The number of hydrogen-bond donors (Lipinski definition) is 0. The molecule has 2 aromatic heterocycles. The molecule has 4 nitrogen and oxygen atoms in total. The van der Waals surface area contributed by atoms with Crippen LogP contribution >= 0.6 is 11.3 Å². The smallest absolute Gasteiger partial charge is 0.227 e. The van der Waals surface area contributed by atoms with E-state index >= 15 is 0 Å². The number of aryl methyl sites for hydroxylation is 1. The second-order valence-corrected chi connectivity index (χ2v) is 6.28. The number of thiazole rings is 1. The van der Waals surface area contributed by atoms with Crippen LogP contribution in [0.25, 0.3) is 11.3 Å². The van der Waals surface area contributed by atoms with Crippen LogP contribution in [0.1, 0.15) is 18.4 Å². The molecule has 1 amide bonds. The van der Waals surface area contributed by atoms with Crippen LogP contribution < -0.4 is 4.90 Å². The first kappa shape index (κ1) is 16.3. The highest BCUT2D eigenvalue weighted by atomic mass is 32.1. The van der Waals surface area contributed by atoms with E-state index in [1.165, 1.54) is 0 Å². The quantitative estimate of drug-likeness (QED) is 0.677. The minimum atomic E-state index is 0.129. The lowest BCUT2D eigenvalue weighted by Crippen LogP contribution is -2.30. The number of nitrogens with zero attached hydrogens (tertiary/aromatic N) is 3. The Kier molecular flexibility index (Phi) is 5.33. The highest BCUT2D eigenvalue weighted by Gasteiger charge is 2.14. The van der Waals surface area contributed by atoms with E-state index < -0.39 is 0 Å². The summed E-state index contributed by atoms with van der Waals surface area (Å²) in [5.74, 6) is 0.129. The van der Waals surface area contributed by atoms with Crippen LogP contribution in [0.5, 0.6) is 0 Å². The third-order valence-electron chi connectivity index (χ3n) is 3.77. The van der Waals surface area contributed by atoms with Gasteiger partial charge in [0, 0.05) is 48.4 Å². The SMILES string of the molecule is CCN(C(=O)CCc1nc(-c2ccncc2)cs1)c1ccccc1. The third-order valence-corrected chi connectivity index (χ3v) is 4.67. The Labute approximate surface area is 145 Å². The first-order valence-electron chi connectivity index (χ1n) is 7.98. The Hall–Kier alpha value is -2.53. The van der Waals surface area contributed by atoms with Gasteiger partial charge in [-0.2, -0.15) is 0 Å². The lowest BCUT2D eigenvalue weighted by atomic mass is 10.2. The fourth-order valence-corrected chi connectivity index (χ4v) is 3.35. The van der Waals surface area contributed by atoms with Crippen molar-refractivity contribution >= 4 is 22.9 Å². The molecule has 0 radical (unpaired) electrons. The van der Waals surface area contributed by atoms with Crippen molar-refractivity contribution in [3.8, 4) is 11.3 Å². The van der Waals surface area contributed by atoms with Crippen LogP contribution in [0.3, 0.4) is 0 Å². The van der Waals surface area contributed by atoms with Crippen LogP contribution in [-0.4, -0.2) is 22.4 Å². The van der Waals surface area contributed by atoms with Gasteiger partial charge in [0.1, 0.15) is 0 Å². The molecule has 0 fully saturated rings. The predicted molar refractivity (Wildman–Crippen MR) is 98.1 cm³/mol. The van der Waals surface area contributed by atoms with Crippen molar-refractivity contribution in [3.63, 3.8) is 0 Å². The fourth-order valence-electron chi connectivity index (χ4n) is 2.54. The summed E-state index contributed by atoms with van der Waals surface area (Å²) in [4.78, 5) is 23.0. The molecular weight excluding hydrogens is 318 g/mol. The van der Waals surface area contributed by atoms with Gasteiger partial charge in [-0.3, -0.25) is 9.78 Å². The number of amides is 1. The molecule has 3 aromatic rings. The molecule has 122 valence electrons. The number of aromatic nitrogens is 2. The number of carbonyl (C=O) groups is 1. The number of benzene rings is 1. The van der Waals surface area contributed by atoms with Crippen LogP contribution in [0.2, 0.25) is 0 Å². The number of hydrogen-bond acceptors (Lipinski definition) is 4. The summed E-state index contributed by atoms with van der Waals surface area (Å²) >= 11 is 1.60. The van der Waals surface area contributed by atoms with E-state index in [0.29, 0.717) is 19.4 Å². The summed E-state index contributed by atoms with van der Waals surface area (Å²) in [6, 6.07) is 13.7. The average molecular weight is 337 g/mol. The van der Waals surface area contributed by atoms with Gasteiger partial charge in [0.15, 0.2) is 0 Å². The summed E-state index contributed by atoms with van der Waals surface area (Å²) < 4.78 is 0. The second kappa shape index (κ2) is 7.84. The zero-order chi connectivity index (χ0) is 16.8. The number of pyridine rings is 1. The Morgan fingerprint density at radius 2 is 1.88 bits per heavy atom. The summed E-state index contributed by atoms with van der Waals surface area (Å²) in [6.07, 6.45) is 4.65. The minimum absolute atomic E-state index is 0.129. The maximum absolute atomic E-state index is 12.5. The number of rotatable bonds is 6. The highest BCUT2D eigenvalue weighted by Crippen LogP contribution is 2.22. The molecule has 0 bridgehead atoms. The van der Waals surface area contributed by atoms with Crippen molar-refractivity contribution in [2.45, 2.75) is 19.8 Å². The Morgan fingerprint density at radius 3 is 2.58 bits per heavy atom. The summed E-state index contributed by atoms with van der Waals surface area (Å²) in [6.45, 7) is 2.67. The molecule has 0 aliphatic heterocycles. The molecule has 0 N–H and O–H groups in total. The maximum Gasteiger partial charge on any atom is 0.227 e. The zero-order valence-corrected chi connectivity index (χ0v) is 14.4. The van der Waals surface area contributed by atoms with E-state index in [1.54, 1.807) is 23.7 Å². The van der Waals surface area contributed by atoms with Gasteiger partial charge >= 0.3 is 0 Å². The van der Waals surface area contributed by atoms with Crippen LogP contribution in [-0.2, 0) is 11.2 Å². The molecule has 24 heavy (non-hydrogen) atoms. The van der Waals surface area contributed by atoms with Gasteiger partial charge in [-0.05, 0) is 31.2 Å². The van der Waals surface area contributed by atoms with Gasteiger partial charge in [0.05, 0.1) is 10.7 Å². The van der Waals surface area contributed by atoms with Gasteiger partial charge < -0.3 is 4.90 Å². The normalized spacial score (nSPS) is 10.5. The Morgan fingerprint density at radius 1 is 1.12 bits per heavy atom. The monoisotopic (exact) mass is 337 g/mol. The van der Waals surface area contributed by atoms with Crippen molar-refractivity contribution in [3.05, 3.63) is 65.2 Å². The van der Waals surface area contributed by atoms with Crippen molar-refractivity contribution in [2.75, 3.05) is 11.4 Å². The first-order chi connectivity index (χ1) is 11.8. The molecule has 0 unspecified atom stereocenters. The summed E-state index contributed by atoms with van der Waals surface area (Å²) in [5.41, 5.74) is 2.94. The molecule has 1 aromatic carbocycles. The lowest BCUT2D eigenvalue weighted by molar-refractivity contribution is -0.118. The Balaban J connectivity index is 1.63. The molecule has 0 saturated heterocycles. The molecular formula is C19H19N3OS. The average Bonchev–Trinajstić information content (AvgIpc) is 3.11. The van der Waals surface area contributed by atoms with Crippen LogP contribution in [0, 0.1) is 0 Å². The summed E-state index contributed by atoms with van der Waals surface area (Å²) in [5, 5.41) is 3.02. The van der Waals surface area contributed by atoms with Gasteiger partial charge in [-0.1, -0.05) is 18.2 Å². The number of para-hydroxylation sites is 1. The third kappa shape index (κ3) is 3.86. The molecule has 0 saturated carbocycles. The molecule has 3 rings (SSSR count). The van der Waals surface area contributed by atoms with E-state index in [1.807, 2.05) is 59.7 Å². The van der Waals surface area contributed by atoms with Gasteiger partial charge in [0.25, 0.3) is 0 Å². The predicted octanol–water partition coefficient (Wildman–Crippen LogP) is 4.19. The minimum Gasteiger partial charge on any atom is -0.313 e. The Bertz CT molecular complexity index is 787. The van der Waals surface area contributed by atoms with Gasteiger partial charge in [-0.25, -0.2) is 4.98 Å². The highest BCUT2D eigenvalue weighted by molar-refractivity contribution is 7.09. The van der Waals surface area contributed by atoms with E-state index in [9.17, 15) is 4.79 Å². The number of carbonyl (C=O) groups excluding carboxylic acids is 1. The van der Waals surface area contributed by atoms with E-state index in [4.69, 9.17) is 0 Å². The molecule has 5 heteroatoms. The topological polar surface area (TPSA) is 46.1 Å². The molecule has 2 heterocycles.